The third kappa shape index (κ3) is 2.96. The summed E-state index contributed by atoms with van der Waals surface area (Å²) in [4.78, 5) is 13.0. The van der Waals surface area contributed by atoms with Gasteiger partial charge in [-0.2, -0.15) is 0 Å². The van der Waals surface area contributed by atoms with Crippen molar-refractivity contribution in [1.29, 1.82) is 0 Å². The van der Waals surface area contributed by atoms with Crippen molar-refractivity contribution in [3.63, 3.8) is 0 Å². The van der Waals surface area contributed by atoms with Gasteiger partial charge < -0.3 is 20.9 Å². The molecule has 6 heteroatoms. The maximum atomic E-state index is 10.9. The molecule has 0 amide bonds. The summed E-state index contributed by atoms with van der Waals surface area (Å²) in [5.74, 6) is -0.856. The molecule has 19 heavy (non-hydrogen) atoms. The first-order valence-electron chi connectivity index (χ1n) is 6.17. The Morgan fingerprint density at radius 1 is 1.26 bits per heavy atom. The number of anilines is 1. The van der Waals surface area contributed by atoms with Gasteiger partial charge in [0.1, 0.15) is 0 Å². The fraction of sp³-hybridized carbons (Fsp3) is 0.385. The van der Waals surface area contributed by atoms with Crippen molar-refractivity contribution < 1.29 is 15.1 Å². The molecule has 0 radical (unpaired) electrons. The highest BCUT2D eigenvalue weighted by Gasteiger charge is 2.24. The number of oxime groups is 1. The van der Waals surface area contributed by atoms with E-state index < -0.39 is 5.97 Å². The smallest absolute Gasteiger partial charge is 0.306 e. The molecule has 1 aromatic carbocycles. The minimum Gasteiger partial charge on any atom is -0.481 e. The fourth-order valence-electron chi connectivity index (χ4n) is 2.29. The van der Waals surface area contributed by atoms with Crippen LogP contribution in [0.2, 0.25) is 0 Å². The van der Waals surface area contributed by atoms with Gasteiger partial charge in [-0.25, -0.2) is 0 Å². The summed E-state index contributed by atoms with van der Waals surface area (Å²) in [5, 5.41) is 20.5. The highest BCUT2D eigenvalue weighted by Crippen LogP contribution is 2.23. The molecule has 1 aromatic rings. The average Bonchev–Trinajstić information content (AvgIpc) is 2.46. The maximum Gasteiger partial charge on any atom is 0.306 e. The number of nitrogens with two attached hydrogens (primary N) is 1. The van der Waals surface area contributed by atoms with E-state index in [1.807, 2.05) is 12.1 Å². The van der Waals surface area contributed by atoms with Crippen LogP contribution in [-0.4, -0.2) is 35.2 Å². The van der Waals surface area contributed by atoms with Gasteiger partial charge in [0.2, 0.25) is 0 Å². The summed E-state index contributed by atoms with van der Waals surface area (Å²) in [7, 11) is 0. The van der Waals surface area contributed by atoms with Crippen molar-refractivity contribution in [2.45, 2.75) is 12.8 Å². The van der Waals surface area contributed by atoms with Gasteiger partial charge in [0, 0.05) is 24.3 Å². The van der Waals surface area contributed by atoms with Gasteiger partial charge in [0.05, 0.1) is 5.92 Å². The van der Waals surface area contributed by atoms with E-state index in [1.165, 1.54) is 0 Å². The Balaban J connectivity index is 2.02. The average molecular weight is 263 g/mol. The summed E-state index contributed by atoms with van der Waals surface area (Å²) >= 11 is 0. The molecule has 0 aromatic heterocycles. The summed E-state index contributed by atoms with van der Waals surface area (Å²) in [6.45, 7) is 1.47. The van der Waals surface area contributed by atoms with Gasteiger partial charge in [0.25, 0.3) is 0 Å². The molecule has 1 heterocycles. The molecule has 1 saturated heterocycles. The van der Waals surface area contributed by atoms with Crippen molar-refractivity contribution in [3.8, 4) is 0 Å². The third-order valence-electron chi connectivity index (χ3n) is 3.48. The number of nitrogens with zero attached hydrogens (tertiary/aromatic N) is 2. The molecule has 0 aliphatic carbocycles. The number of carboxylic acid groups (broad SMARTS) is 1. The topological polar surface area (TPSA) is 99.2 Å². The van der Waals surface area contributed by atoms with E-state index in [9.17, 15) is 4.79 Å². The Kier molecular flexibility index (Phi) is 3.89. The molecule has 0 atom stereocenters. The van der Waals surface area contributed by atoms with Crippen LogP contribution in [0.3, 0.4) is 0 Å². The number of aliphatic carboxylic acids is 1. The standard InChI is InChI=1S/C13H17N3O3/c14-12(15-19)9-1-3-11(4-2-9)16-7-5-10(6-8-16)13(17)18/h1-4,10,19H,5-8H2,(H2,14,15)(H,17,18). The molecule has 1 fully saturated rings. The molecule has 2 rings (SSSR count). The second-order valence-electron chi connectivity index (χ2n) is 4.63. The predicted molar refractivity (Wildman–Crippen MR) is 71.5 cm³/mol. The van der Waals surface area contributed by atoms with Crippen LogP contribution in [0.15, 0.2) is 29.4 Å². The predicted octanol–water partition coefficient (Wildman–Crippen LogP) is 1.08. The number of carboxylic acids is 1. The Bertz CT molecular complexity index is 476. The first-order valence-corrected chi connectivity index (χ1v) is 6.17. The van der Waals surface area contributed by atoms with Crippen LogP contribution in [-0.2, 0) is 4.79 Å². The van der Waals surface area contributed by atoms with Crippen molar-refractivity contribution >= 4 is 17.5 Å². The second kappa shape index (κ2) is 5.60. The number of piperidine rings is 1. The Morgan fingerprint density at radius 3 is 2.32 bits per heavy atom. The summed E-state index contributed by atoms with van der Waals surface area (Å²) in [5.41, 5.74) is 7.18. The van der Waals surface area contributed by atoms with Crippen LogP contribution in [0.5, 0.6) is 0 Å². The summed E-state index contributed by atoms with van der Waals surface area (Å²) in [6, 6.07) is 7.37. The van der Waals surface area contributed by atoms with Gasteiger partial charge in [-0.1, -0.05) is 5.16 Å². The molecule has 0 saturated carbocycles. The molecule has 1 aliphatic heterocycles. The van der Waals surface area contributed by atoms with Crippen LogP contribution in [0.1, 0.15) is 18.4 Å². The Labute approximate surface area is 111 Å². The lowest BCUT2D eigenvalue weighted by Gasteiger charge is -2.32. The first-order chi connectivity index (χ1) is 9.11. The lowest BCUT2D eigenvalue weighted by Crippen LogP contribution is -2.36. The molecule has 0 unspecified atom stereocenters. The number of hydrogen-bond donors (Lipinski definition) is 3. The highest BCUT2D eigenvalue weighted by molar-refractivity contribution is 5.97. The van der Waals surface area contributed by atoms with Crippen LogP contribution < -0.4 is 10.6 Å². The Hall–Kier alpha value is -2.24. The molecular formula is C13H17N3O3. The molecule has 0 spiro atoms. The van der Waals surface area contributed by atoms with Crippen LogP contribution in [0.4, 0.5) is 5.69 Å². The van der Waals surface area contributed by atoms with Crippen molar-refractivity contribution in [2.24, 2.45) is 16.8 Å². The molecule has 102 valence electrons. The van der Waals surface area contributed by atoms with Crippen molar-refractivity contribution in [2.75, 3.05) is 18.0 Å². The zero-order valence-electron chi connectivity index (χ0n) is 10.5. The SMILES string of the molecule is N/C(=N/O)c1ccc(N2CCC(C(=O)O)CC2)cc1. The zero-order valence-corrected chi connectivity index (χ0v) is 10.5. The van der Waals surface area contributed by atoms with Gasteiger partial charge in [-0.05, 0) is 37.1 Å². The van der Waals surface area contributed by atoms with Crippen molar-refractivity contribution in [3.05, 3.63) is 29.8 Å². The number of rotatable bonds is 3. The highest BCUT2D eigenvalue weighted by atomic mass is 16.4. The maximum absolute atomic E-state index is 10.9. The van der Waals surface area contributed by atoms with E-state index in [4.69, 9.17) is 16.0 Å². The van der Waals surface area contributed by atoms with E-state index in [2.05, 4.69) is 10.1 Å². The number of amidine groups is 1. The first kappa shape index (κ1) is 13.2. The third-order valence-corrected chi connectivity index (χ3v) is 3.48. The lowest BCUT2D eigenvalue weighted by atomic mass is 9.96. The van der Waals surface area contributed by atoms with E-state index in [0.717, 1.165) is 18.8 Å². The van der Waals surface area contributed by atoms with E-state index >= 15 is 0 Å². The fourth-order valence-corrected chi connectivity index (χ4v) is 2.29. The zero-order chi connectivity index (χ0) is 13.8. The minimum absolute atomic E-state index is 0.0798. The normalized spacial score (nSPS) is 17.5. The van der Waals surface area contributed by atoms with Gasteiger partial charge >= 0.3 is 5.97 Å². The van der Waals surface area contributed by atoms with E-state index in [-0.39, 0.29) is 11.8 Å². The van der Waals surface area contributed by atoms with Crippen molar-refractivity contribution in [1.82, 2.24) is 0 Å². The minimum atomic E-state index is -0.707. The van der Waals surface area contributed by atoms with E-state index in [0.29, 0.717) is 18.4 Å². The lowest BCUT2D eigenvalue weighted by molar-refractivity contribution is -0.142. The molecular weight excluding hydrogens is 246 g/mol. The van der Waals surface area contributed by atoms with Crippen LogP contribution >= 0.6 is 0 Å². The molecule has 1 aliphatic rings. The van der Waals surface area contributed by atoms with Crippen LogP contribution in [0.25, 0.3) is 0 Å². The number of hydrogen-bond acceptors (Lipinski definition) is 4. The Morgan fingerprint density at radius 2 is 1.84 bits per heavy atom. The monoisotopic (exact) mass is 263 g/mol. The quantitative estimate of drug-likeness (QED) is 0.328. The molecule has 6 nitrogen and oxygen atoms in total. The summed E-state index contributed by atoms with van der Waals surface area (Å²) < 4.78 is 0. The molecule has 0 bridgehead atoms. The second-order valence-corrected chi connectivity index (χ2v) is 4.63. The van der Waals surface area contributed by atoms with Gasteiger partial charge in [0.15, 0.2) is 5.84 Å². The van der Waals surface area contributed by atoms with Crippen LogP contribution in [0, 0.1) is 5.92 Å². The van der Waals surface area contributed by atoms with Gasteiger partial charge in [-0.3, -0.25) is 4.79 Å². The number of benzene rings is 1. The summed E-state index contributed by atoms with van der Waals surface area (Å²) in [6.07, 6.45) is 1.33. The largest absolute Gasteiger partial charge is 0.481 e. The van der Waals surface area contributed by atoms with E-state index in [1.54, 1.807) is 12.1 Å². The molecule has 4 N–H and O–H groups in total. The van der Waals surface area contributed by atoms with Gasteiger partial charge in [-0.15, -0.1) is 0 Å². The number of carbonyl (C=O) groups is 1.